The van der Waals surface area contributed by atoms with Crippen molar-refractivity contribution in [3.63, 3.8) is 0 Å². The third-order valence-electron chi connectivity index (χ3n) is 2.73. The van der Waals surface area contributed by atoms with Crippen LogP contribution in [-0.2, 0) is 0 Å². The summed E-state index contributed by atoms with van der Waals surface area (Å²) in [6, 6.07) is 6.78. The first-order valence-corrected chi connectivity index (χ1v) is 5.82. The minimum absolute atomic E-state index is 0.00921. The van der Waals surface area contributed by atoms with E-state index in [0.717, 1.165) is 0 Å². The van der Waals surface area contributed by atoms with E-state index in [-0.39, 0.29) is 18.6 Å². The zero-order valence-electron chi connectivity index (χ0n) is 10.3. The third kappa shape index (κ3) is 4.07. The fourth-order valence-electron chi connectivity index (χ4n) is 1.60. The number of rotatable bonds is 5. The van der Waals surface area contributed by atoms with Crippen molar-refractivity contribution in [3.05, 3.63) is 29.8 Å². The molecule has 0 aliphatic rings. The van der Waals surface area contributed by atoms with E-state index in [9.17, 15) is 4.79 Å². The molecule has 4 nitrogen and oxygen atoms in total. The molecule has 1 atom stereocenters. The Labute approximate surface area is 102 Å². The van der Waals surface area contributed by atoms with Crippen LogP contribution in [0.25, 0.3) is 0 Å². The number of aliphatic hydroxyl groups excluding tert-OH is 1. The second-order valence-electron chi connectivity index (χ2n) is 4.46. The molecular weight excluding hydrogens is 216 g/mol. The fraction of sp³-hybridized carbons (Fsp3) is 0.462. The Bertz CT molecular complexity index is 360. The molecule has 1 rings (SSSR count). The second kappa shape index (κ2) is 6.25. The first-order valence-electron chi connectivity index (χ1n) is 5.82. The molecule has 0 aliphatic heterocycles. The summed E-state index contributed by atoms with van der Waals surface area (Å²) in [6.45, 7) is 4.11. The summed E-state index contributed by atoms with van der Waals surface area (Å²) in [5.41, 5.74) is 6.78. The van der Waals surface area contributed by atoms with E-state index in [1.165, 1.54) is 0 Å². The number of carbonyl (C=O) groups is 1. The summed E-state index contributed by atoms with van der Waals surface area (Å²) in [6.07, 6.45) is 0.568. The summed E-state index contributed by atoms with van der Waals surface area (Å²) < 4.78 is 0. The summed E-state index contributed by atoms with van der Waals surface area (Å²) in [5.74, 6) is 0.164. The van der Waals surface area contributed by atoms with Crippen molar-refractivity contribution in [2.75, 3.05) is 12.3 Å². The second-order valence-corrected chi connectivity index (χ2v) is 4.46. The smallest absolute Gasteiger partial charge is 0.251 e. The molecule has 0 aliphatic carbocycles. The van der Waals surface area contributed by atoms with Crippen molar-refractivity contribution in [3.8, 4) is 0 Å². The van der Waals surface area contributed by atoms with Gasteiger partial charge in [0.15, 0.2) is 0 Å². The van der Waals surface area contributed by atoms with Gasteiger partial charge in [0.2, 0.25) is 0 Å². The number of anilines is 1. The number of hydrogen-bond donors (Lipinski definition) is 3. The maximum Gasteiger partial charge on any atom is 0.251 e. The average Bonchev–Trinajstić information content (AvgIpc) is 2.29. The molecule has 94 valence electrons. The van der Waals surface area contributed by atoms with Crippen LogP contribution in [0.2, 0.25) is 0 Å². The molecule has 0 heterocycles. The van der Waals surface area contributed by atoms with E-state index in [2.05, 4.69) is 5.32 Å². The SMILES string of the molecule is CC(C)C(CCO)NC(=O)c1ccc(N)cc1. The normalized spacial score (nSPS) is 12.5. The first kappa shape index (κ1) is 13.5. The maximum absolute atomic E-state index is 11.9. The minimum atomic E-state index is -0.128. The van der Waals surface area contributed by atoms with Gasteiger partial charge in [-0.1, -0.05) is 13.8 Å². The lowest BCUT2D eigenvalue weighted by molar-refractivity contribution is 0.0916. The van der Waals surface area contributed by atoms with Gasteiger partial charge in [0.05, 0.1) is 0 Å². The van der Waals surface area contributed by atoms with Crippen molar-refractivity contribution >= 4 is 11.6 Å². The molecule has 0 bridgehead atoms. The molecule has 1 aromatic carbocycles. The molecule has 0 radical (unpaired) electrons. The van der Waals surface area contributed by atoms with Gasteiger partial charge in [-0.3, -0.25) is 4.79 Å². The molecule has 0 aromatic heterocycles. The molecule has 0 saturated heterocycles. The molecule has 1 unspecified atom stereocenters. The highest BCUT2D eigenvalue weighted by Crippen LogP contribution is 2.09. The Morgan fingerprint density at radius 2 is 1.94 bits per heavy atom. The third-order valence-corrected chi connectivity index (χ3v) is 2.73. The van der Waals surface area contributed by atoms with Gasteiger partial charge in [-0.15, -0.1) is 0 Å². The predicted octanol–water partition coefficient (Wildman–Crippen LogP) is 1.41. The topological polar surface area (TPSA) is 75.3 Å². The van der Waals surface area contributed by atoms with Crippen LogP contribution in [0.15, 0.2) is 24.3 Å². The number of amides is 1. The van der Waals surface area contributed by atoms with Gasteiger partial charge in [-0.25, -0.2) is 0 Å². The molecule has 17 heavy (non-hydrogen) atoms. The number of aliphatic hydroxyl groups is 1. The number of nitrogen functional groups attached to an aromatic ring is 1. The lowest BCUT2D eigenvalue weighted by Crippen LogP contribution is -2.39. The number of carbonyl (C=O) groups excluding carboxylic acids is 1. The van der Waals surface area contributed by atoms with Crippen LogP contribution >= 0.6 is 0 Å². The Hall–Kier alpha value is -1.55. The number of hydrogen-bond acceptors (Lipinski definition) is 3. The van der Waals surface area contributed by atoms with Gasteiger partial charge < -0.3 is 16.2 Å². The monoisotopic (exact) mass is 236 g/mol. The van der Waals surface area contributed by atoms with E-state index in [1.807, 2.05) is 13.8 Å². The highest BCUT2D eigenvalue weighted by Gasteiger charge is 2.16. The van der Waals surface area contributed by atoms with Gasteiger partial charge in [0, 0.05) is 23.9 Å². The molecule has 0 spiro atoms. The van der Waals surface area contributed by atoms with Crippen molar-refractivity contribution in [1.82, 2.24) is 5.32 Å². The zero-order chi connectivity index (χ0) is 12.8. The summed E-state index contributed by atoms with van der Waals surface area (Å²) in [4.78, 5) is 11.9. The lowest BCUT2D eigenvalue weighted by atomic mass is 10.0. The lowest BCUT2D eigenvalue weighted by Gasteiger charge is -2.21. The van der Waals surface area contributed by atoms with Crippen molar-refractivity contribution in [2.45, 2.75) is 26.3 Å². The van der Waals surface area contributed by atoms with E-state index >= 15 is 0 Å². The molecule has 0 fully saturated rings. The fourth-order valence-corrected chi connectivity index (χ4v) is 1.60. The first-order chi connectivity index (χ1) is 8.04. The van der Waals surface area contributed by atoms with E-state index < -0.39 is 0 Å². The Morgan fingerprint density at radius 1 is 1.35 bits per heavy atom. The van der Waals surface area contributed by atoms with Crippen LogP contribution in [0.5, 0.6) is 0 Å². The predicted molar refractivity (Wildman–Crippen MR) is 68.6 cm³/mol. The van der Waals surface area contributed by atoms with Crippen LogP contribution in [0.3, 0.4) is 0 Å². The van der Waals surface area contributed by atoms with Gasteiger partial charge >= 0.3 is 0 Å². The summed E-state index contributed by atoms with van der Waals surface area (Å²) in [5, 5.41) is 11.9. The van der Waals surface area contributed by atoms with Crippen LogP contribution in [-0.4, -0.2) is 23.7 Å². The number of nitrogens with two attached hydrogens (primary N) is 1. The van der Waals surface area contributed by atoms with E-state index in [4.69, 9.17) is 10.8 Å². The minimum Gasteiger partial charge on any atom is -0.399 e. The molecule has 0 saturated carbocycles. The van der Waals surface area contributed by atoms with Crippen molar-refractivity contribution < 1.29 is 9.90 Å². The van der Waals surface area contributed by atoms with Gasteiger partial charge in [-0.2, -0.15) is 0 Å². The maximum atomic E-state index is 11.9. The Morgan fingerprint density at radius 3 is 2.41 bits per heavy atom. The average molecular weight is 236 g/mol. The van der Waals surface area contributed by atoms with Gasteiger partial charge in [0.25, 0.3) is 5.91 Å². The van der Waals surface area contributed by atoms with Gasteiger partial charge in [0.1, 0.15) is 0 Å². The Balaban J connectivity index is 2.66. The number of benzene rings is 1. The van der Waals surface area contributed by atoms with Gasteiger partial charge in [-0.05, 0) is 36.6 Å². The van der Waals surface area contributed by atoms with Crippen molar-refractivity contribution in [2.24, 2.45) is 5.92 Å². The summed E-state index contributed by atoms with van der Waals surface area (Å²) in [7, 11) is 0. The number of nitrogens with one attached hydrogen (secondary N) is 1. The largest absolute Gasteiger partial charge is 0.399 e. The highest BCUT2D eigenvalue weighted by molar-refractivity contribution is 5.94. The standard InChI is InChI=1S/C13H20N2O2/c1-9(2)12(7-8-16)15-13(17)10-3-5-11(14)6-4-10/h3-6,9,12,16H,7-8,14H2,1-2H3,(H,15,17). The van der Waals surface area contributed by atoms with Crippen LogP contribution in [0.4, 0.5) is 5.69 Å². The molecule has 4 heteroatoms. The highest BCUT2D eigenvalue weighted by atomic mass is 16.3. The van der Waals surface area contributed by atoms with Crippen LogP contribution in [0.1, 0.15) is 30.6 Å². The molecule has 1 aromatic rings. The van der Waals surface area contributed by atoms with Crippen molar-refractivity contribution in [1.29, 1.82) is 0 Å². The molecule has 4 N–H and O–H groups in total. The molecular formula is C13H20N2O2. The Kier molecular flexibility index (Phi) is 4.97. The quantitative estimate of drug-likeness (QED) is 0.676. The molecule has 1 amide bonds. The van der Waals surface area contributed by atoms with E-state index in [0.29, 0.717) is 23.6 Å². The summed E-state index contributed by atoms with van der Waals surface area (Å²) >= 11 is 0. The zero-order valence-corrected chi connectivity index (χ0v) is 10.3. The van der Waals surface area contributed by atoms with Crippen LogP contribution in [0, 0.1) is 5.92 Å². The van der Waals surface area contributed by atoms with Crippen LogP contribution < -0.4 is 11.1 Å². The van der Waals surface area contributed by atoms with E-state index in [1.54, 1.807) is 24.3 Å².